The zero-order chi connectivity index (χ0) is 16.2. The van der Waals surface area contributed by atoms with Crippen molar-refractivity contribution in [2.24, 2.45) is 0 Å². The summed E-state index contributed by atoms with van der Waals surface area (Å²) in [5.74, 6) is 2.55. The van der Waals surface area contributed by atoms with Crippen LogP contribution in [0.2, 0.25) is 0 Å². The summed E-state index contributed by atoms with van der Waals surface area (Å²) in [6, 6.07) is 2.44. The second-order valence-corrected chi connectivity index (χ2v) is 6.21. The van der Waals surface area contributed by atoms with E-state index in [1.54, 1.807) is 12.6 Å². The van der Waals surface area contributed by atoms with Gasteiger partial charge in [-0.3, -0.25) is 4.90 Å². The summed E-state index contributed by atoms with van der Waals surface area (Å²) in [7, 11) is 3.96. The Morgan fingerprint density at radius 1 is 1.30 bits per heavy atom. The molecule has 7 nitrogen and oxygen atoms in total. The van der Waals surface area contributed by atoms with Crippen molar-refractivity contribution in [1.82, 2.24) is 19.9 Å². The topological polar surface area (TPSA) is 70.3 Å². The maximum atomic E-state index is 5.27. The molecule has 2 aromatic heterocycles. The van der Waals surface area contributed by atoms with Gasteiger partial charge >= 0.3 is 0 Å². The number of oxazole rings is 1. The highest BCUT2D eigenvalue weighted by Crippen LogP contribution is 2.18. The molecule has 1 fully saturated rings. The van der Waals surface area contributed by atoms with Gasteiger partial charge in [0.15, 0.2) is 5.89 Å². The number of likely N-dealkylation sites (tertiary alicyclic amines) is 1. The molecule has 7 heteroatoms. The third-order valence-corrected chi connectivity index (χ3v) is 4.10. The summed E-state index contributed by atoms with van der Waals surface area (Å²) in [4.78, 5) is 17.3. The van der Waals surface area contributed by atoms with Gasteiger partial charge in [0, 0.05) is 52.8 Å². The van der Waals surface area contributed by atoms with Gasteiger partial charge in [-0.1, -0.05) is 0 Å². The van der Waals surface area contributed by atoms with Crippen LogP contribution in [0.5, 0.6) is 0 Å². The van der Waals surface area contributed by atoms with Gasteiger partial charge in [-0.2, -0.15) is 0 Å². The molecule has 0 aromatic carbocycles. The smallest absolute Gasteiger partial charge is 0.191 e. The first-order valence-corrected chi connectivity index (χ1v) is 7.99. The van der Waals surface area contributed by atoms with E-state index < -0.39 is 0 Å². The van der Waals surface area contributed by atoms with Gasteiger partial charge in [-0.05, 0) is 12.8 Å². The zero-order valence-electron chi connectivity index (χ0n) is 14.0. The number of aryl methyl sites for hydroxylation is 1. The van der Waals surface area contributed by atoms with E-state index in [1.807, 2.05) is 32.0 Å². The van der Waals surface area contributed by atoms with Crippen LogP contribution in [0, 0.1) is 6.92 Å². The minimum atomic E-state index is 0.454. The Morgan fingerprint density at radius 2 is 2.09 bits per heavy atom. The van der Waals surface area contributed by atoms with Crippen LogP contribution in [-0.4, -0.2) is 53.1 Å². The number of hydrogen-bond donors (Lipinski definition) is 1. The van der Waals surface area contributed by atoms with Gasteiger partial charge in [0.1, 0.15) is 24.2 Å². The number of nitrogens with zero attached hydrogens (tertiary/aromatic N) is 5. The molecule has 3 heterocycles. The first-order valence-electron chi connectivity index (χ1n) is 7.99. The van der Waals surface area contributed by atoms with Crippen LogP contribution < -0.4 is 10.2 Å². The number of piperidine rings is 1. The molecule has 0 spiro atoms. The Bertz CT molecular complexity index is 633. The molecule has 0 unspecified atom stereocenters. The molecule has 0 atom stereocenters. The SMILES string of the molecule is Cc1nc(CN2CCC(Nc3cc(N(C)C)ncn3)CC2)co1. The average molecular weight is 316 g/mol. The predicted molar refractivity (Wildman–Crippen MR) is 89.5 cm³/mol. The van der Waals surface area contributed by atoms with Gasteiger partial charge < -0.3 is 14.6 Å². The summed E-state index contributed by atoms with van der Waals surface area (Å²) in [6.45, 7) is 4.84. The summed E-state index contributed by atoms with van der Waals surface area (Å²) in [5, 5.41) is 3.53. The molecule has 0 saturated carbocycles. The Kier molecular flexibility index (Phi) is 4.76. The monoisotopic (exact) mass is 316 g/mol. The first kappa shape index (κ1) is 15.7. The maximum Gasteiger partial charge on any atom is 0.191 e. The first-order chi connectivity index (χ1) is 11.1. The van der Waals surface area contributed by atoms with Gasteiger partial charge in [0.05, 0.1) is 5.69 Å². The lowest BCUT2D eigenvalue weighted by molar-refractivity contribution is 0.209. The van der Waals surface area contributed by atoms with Crippen molar-refractivity contribution in [2.75, 3.05) is 37.4 Å². The summed E-state index contributed by atoms with van der Waals surface area (Å²) >= 11 is 0. The van der Waals surface area contributed by atoms with E-state index in [9.17, 15) is 0 Å². The maximum absolute atomic E-state index is 5.27. The number of hydrogen-bond acceptors (Lipinski definition) is 7. The van der Waals surface area contributed by atoms with Gasteiger partial charge in [0.25, 0.3) is 0 Å². The lowest BCUT2D eigenvalue weighted by atomic mass is 10.0. The van der Waals surface area contributed by atoms with Crippen LogP contribution in [0.3, 0.4) is 0 Å². The van der Waals surface area contributed by atoms with Gasteiger partial charge in [-0.15, -0.1) is 0 Å². The molecular formula is C16H24N6O. The molecule has 1 saturated heterocycles. The fourth-order valence-electron chi connectivity index (χ4n) is 2.83. The lowest BCUT2D eigenvalue weighted by Crippen LogP contribution is -2.38. The summed E-state index contributed by atoms with van der Waals surface area (Å²) < 4.78 is 5.27. The van der Waals surface area contributed by atoms with Gasteiger partial charge in [-0.25, -0.2) is 15.0 Å². The second-order valence-electron chi connectivity index (χ2n) is 6.21. The second kappa shape index (κ2) is 6.95. The van der Waals surface area contributed by atoms with Crippen molar-refractivity contribution < 1.29 is 4.42 Å². The van der Waals surface area contributed by atoms with Crippen LogP contribution in [0.1, 0.15) is 24.4 Å². The van der Waals surface area contributed by atoms with E-state index in [2.05, 4.69) is 25.2 Å². The average Bonchev–Trinajstić information content (AvgIpc) is 2.94. The van der Waals surface area contributed by atoms with Crippen LogP contribution >= 0.6 is 0 Å². The fourth-order valence-corrected chi connectivity index (χ4v) is 2.83. The highest BCUT2D eigenvalue weighted by atomic mass is 16.3. The molecule has 1 N–H and O–H groups in total. The van der Waals surface area contributed by atoms with Crippen molar-refractivity contribution in [2.45, 2.75) is 32.4 Å². The van der Waals surface area contributed by atoms with E-state index >= 15 is 0 Å². The Morgan fingerprint density at radius 3 is 2.74 bits per heavy atom. The van der Waals surface area contributed by atoms with E-state index in [-0.39, 0.29) is 0 Å². The minimum absolute atomic E-state index is 0.454. The molecule has 1 aliphatic rings. The van der Waals surface area contributed by atoms with Crippen LogP contribution in [0.4, 0.5) is 11.6 Å². The number of rotatable bonds is 5. The Hall–Kier alpha value is -2.15. The molecule has 0 aliphatic carbocycles. The lowest BCUT2D eigenvalue weighted by Gasteiger charge is -2.32. The van der Waals surface area contributed by atoms with Crippen molar-refractivity contribution in [3.05, 3.63) is 30.2 Å². The predicted octanol–water partition coefficient (Wildman–Crippen LogP) is 1.92. The van der Waals surface area contributed by atoms with E-state index in [0.29, 0.717) is 6.04 Å². The number of aromatic nitrogens is 3. The van der Waals surface area contributed by atoms with Crippen molar-refractivity contribution in [1.29, 1.82) is 0 Å². The van der Waals surface area contributed by atoms with Crippen molar-refractivity contribution in [3.8, 4) is 0 Å². The Balaban J connectivity index is 1.50. The third-order valence-electron chi connectivity index (χ3n) is 4.10. The standard InChI is InChI=1S/C16H24N6O/c1-12-19-14(10-23-12)9-22-6-4-13(5-7-22)20-15-8-16(21(2)3)18-11-17-15/h8,10-11,13H,4-7,9H2,1-3H3,(H,17,18,20). The normalized spacial score (nSPS) is 16.5. The van der Waals surface area contributed by atoms with Crippen LogP contribution in [0.15, 0.2) is 23.1 Å². The molecule has 1 aliphatic heterocycles. The largest absolute Gasteiger partial charge is 0.449 e. The van der Waals surface area contributed by atoms with E-state index in [0.717, 1.165) is 55.7 Å². The molecule has 124 valence electrons. The third kappa shape index (κ3) is 4.19. The van der Waals surface area contributed by atoms with Gasteiger partial charge in [0.2, 0.25) is 0 Å². The van der Waals surface area contributed by atoms with Crippen LogP contribution in [-0.2, 0) is 6.54 Å². The summed E-state index contributed by atoms with van der Waals surface area (Å²) in [5.41, 5.74) is 1.01. The molecule has 0 radical (unpaired) electrons. The quantitative estimate of drug-likeness (QED) is 0.903. The molecule has 3 rings (SSSR count). The molecular weight excluding hydrogens is 292 g/mol. The highest BCUT2D eigenvalue weighted by Gasteiger charge is 2.20. The van der Waals surface area contributed by atoms with Crippen molar-refractivity contribution >= 4 is 11.6 Å². The molecule has 2 aromatic rings. The minimum Gasteiger partial charge on any atom is -0.449 e. The molecule has 0 amide bonds. The molecule has 23 heavy (non-hydrogen) atoms. The zero-order valence-corrected chi connectivity index (χ0v) is 14.0. The van der Waals surface area contributed by atoms with E-state index in [1.165, 1.54) is 0 Å². The number of anilines is 2. The van der Waals surface area contributed by atoms with E-state index in [4.69, 9.17) is 4.42 Å². The summed E-state index contributed by atoms with van der Waals surface area (Å²) in [6.07, 6.45) is 5.55. The highest BCUT2D eigenvalue weighted by molar-refractivity contribution is 5.47. The van der Waals surface area contributed by atoms with Crippen molar-refractivity contribution in [3.63, 3.8) is 0 Å². The fraction of sp³-hybridized carbons (Fsp3) is 0.562. The Labute approximate surface area is 136 Å². The van der Waals surface area contributed by atoms with Crippen LogP contribution in [0.25, 0.3) is 0 Å². The number of nitrogens with one attached hydrogen (secondary N) is 1. The molecule has 0 bridgehead atoms.